The number of hydrogen-bond acceptors (Lipinski definition) is 6. The van der Waals surface area contributed by atoms with Crippen LogP contribution in [0, 0.1) is 12.8 Å². The van der Waals surface area contributed by atoms with E-state index in [0.717, 1.165) is 36.6 Å². The van der Waals surface area contributed by atoms with Gasteiger partial charge in [0, 0.05) is 25.4 Å². The van der Waals surface area contributed by atoms with E-state index in [9.17, 15) is 4.79 Å². The highest BCUT2D eigenvalue weighted by Gasteiger charge is 2.22. The van der Waals surface area contributed by atoms with Gasteiger partial charge in [0.25, 0.3) is 5.91 Å². The fraction of sp³-hybridized carbons (Fsp3) is 0.350. The third kappa shape index (κ3) is 3.88. The molecule has 1 aliphatic rings. The van der Waals surface area contributed by atoms with Crippen LogP contribution in [-0.4, -0.2) is 35.6 Å². The number of amides is 1. The SMILES string of the molecule is Cc1cccc2sc(N3CCC(COc4ccnc(C(N)=O)c4)CC3)nc12. The van der Waals surface area contributed by atoms with E-state index >= 15 is 0 Å². The lowest BCUT2D eigenvalue weighted by molar-refractivity contribution is 0.0995. The van der Waals surface area contributed by atoms with Gasteiger partial charge >= 0.3 is 0 Å². The lowest BCUT2D eigenvalue weighted by Gasteiger charge is -2.31. The van der Waals surface area contributed by atoms with Crippen molar-refractivity contribution in [2.45, 2.75) is 19.8 Å². The van der Waals surface area contributed by atoms with Crippen LogP contribution in [0.25, 0.3) is 10.2 Å². The number of aromatic nitrogens is 2. The molecule has 0 saturated carbocycles. The number of aryl methyl sites for hydroxylation is 1. The Bertz CT molecular complexity index is 964. The van der Waals surface area contributed by atoms with Crippen molar-refractivity contribution in [1.29, 1.82) is 0 Å². The number of benzene rings is 1. The summed E-state index contributed by atoms with van der Waals surface area (Å²) in [6, 6.07) is 9.69. The second-order valence-electron chi connectivity index (χ2n) is 6.90. The quantitative estimate of drug-likeness (QED) is 0.731. The number of anilines is 1. The summed E-state index contributed by atoms with van der Waals surface area (Å²) in [5.41, 5.74) is 7.84. The Labute approximate surface area is 162 Å². The average molecular weight is 382 g/mol. The van der Waals surface area contributed by atoms with Gasteiger partial charge in [-0.3, -0.25) is 9.78 Å². The van der Waals surface area contributed by atoms with E-state index in [4.69, 9.17) is 15.5 Å². The van der Waals surface area contributed by atoms with Gasteiger partial charge in [0.2, 0.25) is 0 Å². The largest absolute Gasteiger partial charge is 0.493 e. The number of carbonyl (C=O) groups is 1. The Morgan fingerprint density at radius 1 is 1.33 bits per heavy atom. The molecule has 0 radical (unpaired) electrons. The van der Waals surface area contributed by atoms with Crippen molar-refractivity contribution in [3.05, 3.63) is 47.8 Å². The van der Waals surface area contributed by atoms with Crippen LogP contribution in [0.4, 0.5) is 5.13 Å². The van der Waals surface area contributed by atoms with E-state index in [0.29, 0.717) is 18.3 Å². The summed E-state index contributed by atoms with van der Waals surface area (Å²) >= 11 is 1.77. The van der Waals surface area contributed by atoms with Crippen LogP contribution in [0.3, 0.4) is 0 Å². The lowest BCUT2D eigenvalue weighted by atomic mass is 9.98. The molecular weight excluding hydrogens is 360 g/mol. The third-order valence-electron chi connectivity index (χ3n) is 4.96. The molecule has 2 N–H and O–H groups in total. The highest BCUT2D eigenvalue weighted by Crippen LogP contribution is 2.32. The van der Waals surface area contributed by atoms with Gasteiger partial charge in [-0.05, 0) is 43.4 Å². The summed E-state index contributed by atoms with van der Waals surface area (Å²) in [6.07, 6.45) is 3.67. The topological polar surface area (TPSA) is 81.3 Å². The summed E-state index contributed by atoms with van der Waals surface area (Å²) in [5.74, 6) is 0.588. The number of piperidine rings is 1. The number of thiazole rings is 1. The van der Waals surface area contributed by atoms with Crippen molar-refractivity contribution in [3.63, 3.8) is 0 Å². The summed E-state index contributed by atoms with van der Waals surface area (Å²) in [7, 11) is 0. The molecule has 4 rings (SSSR count). The van der Waals surface area contributed by atoms with Crippen molar-refractivity contribution in [2.75, 3.05) is 24.6 Å². The Balaban J connectivity index is 1.34. The van der Waals surface area contributed by atoms with Gasteiger partial charge in [-0.1, -0.05) is 23.5 Å². The van der Waals surface area contributed by atoms with Gasteiger partial charge in [0.1, 0.15) is 11.4 Å². The second kappa shape index (κ2) is 7.52. The smallest absolute Gasteiger partial charge is 0.267 e. The molecule has 0 bridgehead atoms. The molecule has 7 heteroatoms. The number of carbonyl (C=O) groups excluding carboxylic acids is 1. The molecule has 6 nitrogen and oxygen atoms in total. The monoisotopic (exact) mass is 382 g/mol. The van der Waals surface area contributed by atoms with Crippen LogP contribution in [0.1, 0.15) is 28.9 Å². The van der Waals surface area contributed by atoms with E-state index in [1.807, 2.05) is 0 Å². The zero-order valence-electron chi connectivity index (χ0n) is 15.2. The van der Waals surface area contributed by atoms with Crippen LogP contribution in [0.5, 0.6) is 5.75 Å². The van der Waals surface area contributed by atoms with Gasteiger partial charge in [0.15, 0.2) is 5.13 Å². The number of fused-ring (bicyclic) bond motifs is 1. The maximum Gasteiger partial charge on any atom is 0.267 e. The van der Waals surface area contributed by atoms with Crippen molar-refractivity contribution in [1.82, 2.24) is 9.97 Å². The molecule has 1 fully saturated rings. The molecule has 2 aromatic heterocycles. The van der Waals surface area contributed by atoms with E-state index < -0.39 is 5.91 Å². The highest BCUT2D eigenvalue weighted by molar-refractivity contribution is 7.22. The van der Waals surface area contributed by atoms with Crippen molar-refractivity contribution < 1.29 is 9.53 Å². The zero-order valence-corrected chi connectivity index (χ0v) is 16.0. The number of para-hydroxylation sites is 1. The summed E-state index contributed by atoms with van der Waals surface area (Å²) in [4.78, 5) is 22.4. The molecule has 0 atom stereocenters. The number of pyridine rings is 1. The number of primary amides is 1. The first kappa shape index (κ1) is 17.7. The number of ether oxygens (including phenoxy) is 1. The van der Waals surface area contributed by atoms with Crippen molar-refractivity contribution in [3.8, 4) is 5.75 Å². The molecule has 0 spiro atoms. The molecule has 1 aliphatic heterocycles. The highest BCUT2D eigenvalue weighted by atomic mass is 32.1. The first-order valence-electron chi connectivity index (χ1n) is 9.10. The maximum absolute atomic E-state index is 11.2. The third-order valence-corrected chi connectivity index (χ3v) is 6.05. The van der Waals surface area contributed by atoms with Crippen LogP contribution in [0.2, 0.25) is 0 Å². The predicted molar refractivity (Wildman–Crippen MR) is 108 cm³/mol. The molecule has 27 heavy (non-hydrogen) atoms. The fourth-order valence-electron chi connectivity index (χ4n) is 3.35. The number of nitrogens with zero attached hydrogens (tertiary/aromatic N) is 3. The summed E-state index contributed by atoms with van der Waals surface area (Å²) < 4.78 is 7.11. The van der Waals surface area contributed by atoms with Crippen LogP contribution >= 0.6 is 11.3 Å². The van der Waals surface area contributed by atoms with Gasteiger partial charge in [-0.15, -0.1) is 0 Å². The van der Waals surface area contributed by atoms with E-state index in [2.05, 4.69) is 35.0 Å². The molecular formula is C20H22N4O2S. The lowest BCUT2D eigenvalue weighted by Crippen LogP contribution is -2.35. The van der Waals surface area contributed by atoms with Gasteiger partial charge in [-0.2, -0.15) is 0 Å². The maximum atomic E-state index is 11.2. The predicted octanol–water partition coefficient (Wildman–Crippen LogP) is 3.39. The Kier molecular flexibility index (Phi) is 4.94. The number of nitrogens with two attached hydrogens (primary N) is 1. The first-order valence-corrected chi connectivity index (χ1v) is 9.91. The first-order chi connectivity index (χ1) is 13.1. The van der Waals surface area contributed by atoms with E-state index in [1.165, 1.54) is 10.3 Å². The second-order valence-corrected chi connectivity index (χ2v) is 7.91. The molecule has 140 valence electrons. The molecule has 0 aliphatic carbocycles. The standard InChI is InChI=1S/C20H22N4O2S/c1-13-3-2-4-17-18(13)23-20(27-17)24-9-6-14(7-10-24)12-26-15-5-8-22-16(11-15)19(21)25/h2-5,8,11,14H,6-7,9-10,12H2,1H3,(H2,21,25). The van der Waals surface area contributed by atoms with Crippen LogP contribution < -0.4 is 15.4 Å². The minimum atomic E-state index is -0.542. The van der Waals surface area contributed by atoms with Crippen LogP contribution in [0.15, 0.2) is 36.5 Å². The van der Waals surface area contributed by atoms with E-state index in [-0.39, 0.29) is 5.69 Å². The molecule has 3 heterocycles. The fourth-order valence-corrected chi connectivity index (χ4v) is 4.45. The zero-order chi connectivity index (χ0) is 18.8. The van der Waals surface area contributed by atoms with E-state index in [1.54, 1.807) is 29.7 Å². The summed E-state index contributed by atoms with van der Waals surface area (Å²) in [5, 5.41) is 1.11. The molecule has 1 amide bonds. The Hall–Kier alpha value is -2.67. The van der Waals surface area contributed by atoms with Gasteiger partial charge in [-0.25, -0.2) is 4.98 Å². The normalized spacial score (nSPS) is 15.2. The number of rotatable bonds is 5. The minimum Gasteiger partial charge on any atom is -0.493 e. The number of hydrogen-bond donors (Lipinski definition) is 1. The minimum absolute atomic E-state index is 0.230. The van der Waals surface area contributed by atoms with Gasteiger partial charge in [0.05, 0.1) is 16.8 Å². The van der Waals surface area contributed by atoms with Crippen LogP contribution in [-0.2, 0) is 0 Å². The molecule has 1 aromatic carbocycles. The molecule has 0 unspecified atom stereocenters. The van der Waals surface area contributed by atoms with Crippen molar-refractivity contribution >= 4 is 32.6 Å². The Morgan fingerprint density at radius 3 is 2.89 bits per heavy atom. The molecule has 3 aromatic rings. The van der Waals surface area contributed by atoms with Gasteiger partial charge < -0.3 is 15.4 Å². The average Bonchev–Trinajstić information content (AvgIpc) is 3.13. The van der Waals surface area contributed by atoms with Crippen molar-refractivity contribution in [2.24, 2.45) is 11.7 Å². The molecule has 1 saturated heterocycles. The Morgan fingerprint density at radius 2 is 2.15 bits per heavy atom. The summed E-state index contributed by atoms with van der Waals surface area (Å²) in [6.45, 7) is 4.71.